The molecule has 0 radical (unpaired) electrons. The zero-order chi connectivity index (χ0) is 15.1. The molecule has 0 amide bonds. The van der Waals surface area contributed by atoms with E-state index in [1.165, 1.54) is 16.7 Å². The summed E-state index contributed by atoms with van der Waals surface area (Å²) in [5, 5.41) is 3.40. The second kappa shape index (κ2) is 7.84. The molecular weight excluding hydrogens is 258 g/mol. The highest BCUT2D eigenvalue weighted by Gasteiger charge is 2.12. The summed E-state index contributed by atoms with van der Waals surface area (Å²) in [7, 11) is 2.00. The molecular formula is C19H25NO. The molecule has 0 saturated carbocycles. The first-order valence-electron chi connectivity index (χ1n) is 7.77. The molecule has 2 aromatic rings. The highest BCUT2D eigenvalue weighted by molar-refractivity contribution is 5.37. The van der Waals surface area contributed by atoms with Gasteiger partial charge in [-0.15, -0.1) is 0 Å². The fraction of sp³-hybridized carbons (Fsp3) is 0.368. The van der Waals surface area contributed by atoms with Crippen molar-refractivity contribution < 1.29 is 4.74 Å². The van der Waals surface area contributed by atoms with E-state index >= 15 is 0 Å². The lowest BCUT2D eigenvalue weighted by molar-refractivity contribution is 0.317. The monoisotopic (exact) mass is 283 g/mol. The highest BCUT2D eigenvalue weighted by Crippen LogP contribution is 2.25. The van der Waals surface area contributed by atoms with Crippen LogP contribution in [-0.4, -0.2) is 13.7 Å². The number of benzene rings is 2. The van der Waals surface area contributed by atoms with Crippen molar-refractivity contribution >= 4 is 0 Å². The van der Waals surface area contributed by atoms with Crippen molar-refractivity contribution in [1.29, 1.82) is 0 Å². The summed E-state index contributed by atoms with van der Waals surface area (Å²) in [4.78, 5) is 0. The molecule has 0 fully saturated rings. The summed E-state index contributed by atoms with van der Waals surface area (Å²) in [6.07, 6.45) is 2.10. The molecule has 1 atom stereocenters. The summed E-state index contributed by atoms with van der Waals surface area (Å²) in [6.45, 7) is 5.06. The van der Waals surface area contributed by atoms with Crippen LogP contribution in [0.5, 0.6) is 5.75 Å². The average molecular weight is 283 g/mol. The first kappa shape index (κ1) is 15.6. The van der Waals surface area contributed by atoms with Crippen LogP contribution in [0.15, 0.2) is 48.5 Å². The molecule has 2 aromatic carbocycles. The Morgan fingerprint density at radius 1 is 1.00 bits per heavy atom. The first-order chi connectivity index (χ1) is 10.3. The van der Waals surface area contributed by atoms with Crippen LogP contribution in [0.3, 0.4) is 0 Å². The second-order valence-corrected chi connectivity index (χ2v) is 5.24. The lowest BCUT2D eigenvalue weighted by atomic mass is 9.97. The van der Waals surface area contributed by atoms with E-state index in [4.69, 9.17) is 4.74 Å². The highest BCUT2D eigenvalue weighted by atomic mass is 16.5. The van der Waals surface area contributed by atoms with E-state index in [1.54, 1.807) is 0 Å². The molecule has 0 bridgehead atoms. The summed E-state index contributed by atoms with van der Waals surface area (Å²) in [5.74, 6) is 0.944. The van der Waals surface area contributed by atoms with Gasteiger partial charge in [-0.25, -0.2) is 0 Å². The van der Waals surface area contributed by atoms with Gasteiger partial charge >= 0.3 is 0 Å². The Hall–Kier alpha value is -1.80. The molecule has 0 spiro atoms. The topological polar surface area (TPSA) is 21.3 Å². The Morgan fingerprint density at radius 3 is 2.38 bits per heavy atom. The van der Waals surface area contributed by atoms with Crippen LogP contribution < -0.4 is 10.1 Å². The van der Waals surface area contributed by atoms with Crippen molar-refractivity contribution in [3.63, 3.8) is 0 Å². The molecule has 112 valence electrons. The Morgan fingerprint density at radius 2 is 1.76 bits per heavy atom. The van der Waals surface area contributed by atoms with Crippen LogP contribution in [0, 0.1) is 0 Å². The van der Waals surface area contributed by atoms with Gasteiger partial charge in [0.25, 0.3) is 0 Å². The molecule has 2 nitrogen and oxygen atoms in total. The van der Waals surface area contributed by atoms with Crippen molar-refractivity contribution in [3.8, 4) is 5.75 Å². The number of hydrogen-bond acceptors (Lipinski definition) is 2. The average Bonchev–Trinajstić information content (AvgIpc) is 2.55. The molecule has 0 aliphatic heterocycles. The molecule has 1 N–H and O–H groups in total. The van der Waals surface area contributed by atoms with Gasteiger partial charge in [-0.1, -0.05) is 50.2 Å². The van der Waals surface area contributed by atoms with E-state index in [2.05, 4.69) is 61.6 Å². The SMILES string of the molecule is CCCOc1cccc(C(NC)c2ccc(CC)cc2)c1. The Labute approximate surface area is 128 Å². The van der Waals surface area contributed by atoms with E-state index in [1.807, 2.05) is 13.1 Å². The molecule has 0 aromatic heterocycles. The third kappa shape index (κ3) is 4.08. The molecule has 0 aliphatic rings. The van der Waals surface area contributed by atoms with E-state index in [-0.39, 0.29) is 6.04 Å². The van der Waals surface area contributed by atoms with Crippen LogP contribution in [-0.2, 0) is 6.42 Å². The Bertz CT molecular complexity index is 548. The van der Waals surface area contributed by atoms with Crippen molar-refractivity contribution in [2.45, 2.75) is 32.7 Å². The van der Waals surface area contributed by atoms with E-state index in [9.17, 15) is 0 Å². The van der Waals surface area contributed by atoms with Crippen molar-refractivity contribution in [2.75, 3.05) is 13.7 Å². The van der Waals surface area contributed by atoms with E-state index in [0.29, 0.717) is 0 Å². The van der Waals surface area contributed by atoms with Gasteiger partial charge < -0.3 is 10.1 Å². The van der Waals surface area contributed by atoms with Gasteiger partial charge in [0, 0.05) is 0 Å². The van der Waals surface area contributed by atoms with Crippen LogP contribution in [0.25, 0.3) is 0 Å². The van der Waals surface area contributed by atoms with Gasteiger partial charge in [0.15, 0.2) is 0 Å². The number of aryl methyl sites for hydroxylation is 1. The number of nitrogens with one attached hydrogen (secondary N) is 1. The third-order valence-corrected chi connectivity index (χ3v) is 3.67. The predicted molar refractivity (Wildman–Crippen MR) is 89.0 cm³/mol. The molecule has 1 unspecified atom stereocenters. The second-order valence-electron chi connectivity index (χ2n) is 5.24. The predicted octanol–water partition coefficient (Wildman–Crippen LogP) is 4.35. The summed E-state index contributed by atoms with van der Waals surface area (Å²) in [6, 6.07) is 17.4. The molecule has 0 heterocycles. The quantitative estimate of drug-likeness (QED) is 0.816. The van der Waals surface area contributed by atoms with Gasteiger partial charge in [-0.2, -0.15) is 0 Å². The molecule has 2 rings (SSSR count). The Balaban J connectivity index is 2.23. The first-order valence-corrected chi connectivity index (χ1v) is 7.77. The van der Waals surface area contributed by atoms with Crippen LogP contribution in [0.2, 0.25) is 0 Å². The van der Waals surface area contributed by atoms with Crippen molar-refractivity contribution in [3.05, 3.63) is 65.2 Å². The fourth-order valence-electron chi connectivity index (χ4n) is 2.48. The van der Waals surface area contributed by atoms with Crippen molar-refractivity contribution in [2.24, 2.45) is 0 Å². The van der Waals surface area contributed by atoms with Gasteiger partial charge in [0.05, 0.1) is 12.6 Å². The molecule has 2 heteroatoms. The lowest BCUT2D eigenvalue weighted by Gasteiger charge is -2.18. The van der Waals surface area contributed by atoms with E-state index < -0.39 is 0 Å². The van der Waals surface area contributed by atoms with Gasteiger partial charge in [0.2, 0.25) is 0 Å². The zero-order valence-corrected chi connectivity index (χ0v) is 13.2. The van der Waals surface area contributed by atoms with Gasteiger partial charge in [-0.3, -0.25) is 0 Å². The minimum atomic E-state index is 0.195. The maximum Gasteiger partial charge on any atom is 0.119 e. The van der Waals surface area contributed by atoms with Gasteiger partial charge in [-0.05, 0) is 48.7 Å². The lowest BCUT2D eigenvalue weighted by Crippen LogP contribution is -2.17. The smallest absolute Gasteiger partial charge is 0.119 e. The van der Waals surface area contributed by atoms with E-state index in [0.717, 1.165) is 25.2 Å². The van der Waals surface area contributed by atoms with Crippen LogP contribution >= 0.6 is 0 Å². The van der Waals surface area contributed by atoms with Crippen molar-refractivity contribution in [1.82, 2.24) is 5.32 Å². The summed E-state index contributed by atoms with van der Waals surface area (Å²) in [5.41, 5.74) is 3.88. The number of rotatable bonds is 7. The normalized spacial score (nSPS) is 12.1. The summed E-state index contributed by atoms with van der Waals surface area (Å²) >= 11 is 0. The molecule has 0 saturated heterocycles. The molecule has 21 heavy (non-hydrogen) atoms. The standard InChI is InChI=1S/C19H25NO/c1-4-13-21-18-8-6-7-17(14-18)19(20-3)16-11-9-15(5-2)10-12-16/h6-12,14,19-20H,4-5,13H2,1-3H3. The van der Waals surface area contributed by atoms with Crippen LogP contribution in [0.1, 0.15) is 43.0 Å². The number of hydrogen-bond donors (Lipinski definition) is 1. The third-order valence-electron chi connectivity index (χ3n) is 3.67. The largest absolute Gasteiger partial charge is 0.494 e. The minimum Gasteiger partial charge on any atom is -0.494 e. The maximum absolute atomic E-state index is 5.74. The Kier molecular flexibility index (Phi) is 5.82. The minimum absolute atomic E-state index is 0.195. The van der Waals surface area contributed by atoms with Crippen LogP contribution in [0.4, 0.5) is 0 Å². The van der Waals surface area contributed by atoms with Gasteiger partial charge in [0.1, 0.15) is 5.75 Å². The molecule has 0 aliphatic carbocycles. The zero-order valence-electron chi connectivity index (χ0n) is 13.2. The maximum atomic E-state index is 5.74. The summed E-state index contributed by atoms with van der Waals surface area (Å²) < 4.78 is 5.74. The fourth-order valence-corrected chi connectivity index (χ4v) is 2.48. The number of ether oxygens (including phenoxy) is 1.